The van der Waals surface area contributed by atoms with Gasteiger partial charge in [0.15, 0.2) is 0 Å². The fourth-order valence-corrected chi connectivity index (χ4v) is 4.31. The predicted octanol–water partition coefficient (Wildman–Crippen LogP) is 2.18. The minimum absolute atomic E-state index is 0.515. The Balaban J connectivity index is 1.43. The van der Waals surface area contributed by atoms with Crippen molar-refractivity contribution < 1.29 is 0 Å². The van der Waals surface area contributed by atoms with E-state index in [0.717, 1.165) is 18.0 Å². The first-order chi connectivity index (χ1) is 9.54. The zero-order valence-electron chi connectivity index (χ0n) is 13.7. The van der Waals surface area contributed by atoms with E-state index in [0.29, 0.717) is 5.41 Å². The number of hydrogen-bond donors (Lipinski definition) is 1. The monoisotopic (exact) mass is 279 g/mol. The number of hydrogen-bond acceptors (Lipinski definition) is 3. The summed E-state index contributed by atoms with van der Waals surface area (Å²) in [6.07, 6.45) is 5.77. The lowest BCUT2D eigenvalue weighted by Gasteiger charge is -2.47. The second kappa shape index (κ2) is 5.94. The lowest BCUT2D eigenvalue weighted by atomic mass is 9.71. The van der Waals surface area contributed by atoms with E-state index in [9.17, 15) is 0 Å². The smallest absolute Gasteiger partial charge is 0.0346 e. The molecule has 0 radical (unpaired) electrons. The molecule has 0 unspecified atom stereocenters. The summed E-state index contributed by atoms with van der Waals surface area (Å²) in [5.74, 6) is 0.945. The Morgan fingerprint density at radius 3 is 1.65 bits per heavy atom. The summed E-state index contributed by atoms with van der Waals surface area (Å²) < 4.78 is 0. The third kappa shape index (κ3) is 3.20. The van der Waals surface area contributed by atoms with Crippen molar-refractivity contribution in [3.63, 3.8) is 0 Å². The molecule has 116 valence electrons. The van der Waals surface area contributed by atoms with Gasteiger partial charge in [-0.05, 0) is 37.0 Å². The number of rotatable bonds is 2. The fourth-order valence-electron chi connectivity index (χ4n) is 4.31. The zero-order chi connectivity index (χ0) is 14.2. The molecule has 0 bridgehead atoms. The molecule has 3 heteroatoms. The molecule has 0 aromatic carbocycles. The molecule has 0 amide bonds. The molecule has 1 aliphatic carbocycles. The molecule has 1 N–H and O–H groups in total. The van der Waals surface area contributed by atoms with Gasteiger partial charge in [-0.1, -0.05) is 20.8 Å². The molecule has 0 spiro atoms. The first-order valence-electron chi connectivity index (χ1n) is 8.73. The van der Waals surface area contributed by atoms with Crippen LogP contribution in [0.2, 0.25) is 0 Å². The Morgan fingerprint density at radius 1 is 0.750 bits per heavy atom. The summed E-state index contributed by atoms with van der Waals surface area (Å²) in [4.78, 5) is 5.50. The highest BCUT2D eigenvalue weighted by Gasteiger charge is 2.34. The third-order valence-corrected chi connectivity index (χ3v) is 6.06. The maximum Gasteiger partial charge on any atom is 0.0346 e. The molecule has 0 atom stereocenters. The minimum Gasteiger partial charge on any atom is -0.314 e. The van der Waals surface area contributed by atoms with Gasteiger partial charge in [0.1, 0.15) is 0 Å². The fraction of sp³-hybridized carbons (Fsp3) is 1.00. The Hall–Kier alpha value is -0.120. The highest BCUT2D eigenvalue weighted by molar-refractivity contribution is 4.90. The van der Waals surface area contributed by atoms with Crippen LogP contribution in [0.4, 0.5) is 0 Å². The maximum absolute atomic E-state index is 3.40. The van der Waals surface area contributed by atoms with Crippen molar-refractivity contribution in [2.75, 3.05) is 39.3 Å². The molecular formula is C17H33N3. The molecule has 3 aliphatic rings. The Morgan fingerprint density at radius 2 is 1.25 bits per heavy atom. The minimum atomic E-state index is 0.515. The van der Waals surface area contributed by atoms with Crippen LogP contribution >= 0.6 is 0 Å². The van der Waals surface area contributed by atoms with Gasteiger partial charge in [0.25, 0.3) is 0 Å². The molecule has 2 heterocycles. The molecule has 3 nitrogen and oxygen atoms in total. The van der Waals surface area contributed by atoms with E-state index in [2.05, 4.69) is 35.9 Å². The quantitative estimate of drug-likeness (QED) is 0.836. The van der Waals surface area contributed by atoms with Gasteiger partial charge in [0.2, 0.25) is 0 Å². The van der Waals surface area contributed by atoms with Crippen LogP contribution in [0.5, 0.6) is 0 Å². The second-order valence-electron chi connectivity index (χ2n) is 8.26. The van der Waals surface area contributed by atoms with Crippen LogP contribution in [0.25, 0.3) is 0 Å². The summed E-state index contributed by atoms with van der Waals surface area (Å²) in [5.41, 5.74) is 0.515. The van der Waals surface area contributed by atoms with Gasteiger partial charge in [0.05, 0.1) is 0 Å². The first-order valence-corrected chi connectivity index (χ1v) is 8.73. The average molecular weight is 279 g/mol. The first kappa shape index (κ1) is 14.8. The standard InChI is InChI=1S/C17H33N3/c1-17(2,3)14-4-6-15(7-5-14)19-8-10-20(11-9-19)16-12-18-13-16/h14-16,18H,4-13H2,1-3H3. The zero-order valence-corrected chi connectivity index (χ0v) is 13.7. The Kier molecular flexibility index (Phi) is 4.40. The van der Waals surface area contributed by atoms with E-state index in [1.165, 1.54) is 65.0 Å². The van der Waals surface area contributed by atoms with Crippen LogP contribution < -0.4 is 5.32 Å². The largest absolute Gasteiger partial charge is 0.314 e. The van der Waals surface area contributed by atoms with Crippen LogP contribution in [0, 0.1) is 11.3 Å². The molecule has 3 fully saturated rings. The molecule has 20 heavy (non-hydrogen) atoms. The van der Waals surface area contributed by atoms with E-state index in [1.54, 1.807) is 0 Å². The number of nitrogens with one attached hydrogen (secondary N) is 1. The van der Waals surface area contributed by atoms with E-state index in [-0.39, 0.29) is 0 Å². The van der Waals surface area contributed by atoms with Crippen LogP contribution in [0.15, 0.2) is 0 Å². The topological polar surface area (TPSA) is 18.5 Å². The van der Waals surface area contributed by atoms with Crippen molar-refractivity contribution in [3.8, 4) is 0 Å². The van der Waals surface area contributed by atoms with E-state index >= 15 is 0 Å². The highest BCUT2D eigenvalue weighted by atomic mass is 15.3. The normalized spacial score (nSPS) is 35.0. The lowest BCUT2D eigenvalue weighted by molar-refractivity contribution is 0.0289. The van der Waals surface area contributed by atoms with Crippen LogP contribution in [0.3, 0.4) is 0 Å². The van der Waals surface area contributed by atoms with Gasteiger partial charge >= 0.3 is 0 Å². The molecule has 2 aliphatic heterocycles. The second-order valence-corrected chi connectivity index (χ2v) is 8.26. The molecule has 0 aromatic rings. The number of piperazine rings is 1. The van der Waals surface area contributed by atoms with Crippen molar-refractivity contribution in [3.05, 3.63) is 0 Å². The molecule has 0 aromatic heterocycles. The molecule has 2 saturated heterocycles. The van der Waals surface area contributed by atoms with Gasteiger partial charge in [-0.2, -0.15) is 0 Å². The van der Waals surface area contributed by atoms with Crippen molar-refractivity contribution in [1.82, 2.24) is 15.1 Å². The van der Waals surface area contributed by atoms with Crippen LogP contribution in [-0.4, -0.2) is 61.2 Å². The van der Waals surface area contributed by atoms with Gasteiger partial charge in [-0.25, -0.2) is 0 Å². The SMILES string of the molecule is CC(C)(C)C1CCC(N2CCN(C3CNC3)CC2)CC1. The Bertz CT molecular complexity index is 303. The lowest BCUT2D eigenvalue weighted by Crippen LogP contribution is -2.62. The summed E-state index contributed by atoms with van der Waals surface area (Å²) in [5, 5.41) is 3.40. The third-order valence-electron chi connectivity index (χ3n) is 6.06. The highest BCUT2D eigenvalue weighted by Crippen LogP contribution is 2.39. The Labute approximate surface area is 125 Å². The summed E-state index contributed by atoms with van der Waals surface area (Å²) >= 11 is 0. The van der Waals surface area contributed by atoms with Gasteiger partial charge < -0.3 is 5.32 Å². The van der Waals surface area contributed by atoms with Crippen molar-refractivity contribution in [1.29, 1.82) is 0 Å². The van der Waals surface area contributed by atoms with Crippen molar-refractivity contribution in [2.24, 2.45) is 11.3 Å². The molecule has 3 rings (SSSR count). The van der Waals surface area contributed by atoms with Crippen molar-refractivity contribution >= 4 is 0 Å². The van der Waals surface area contributed by atoms with E-state index < -0.39 is 0 Å². The summed E-state index contributed by atoms with van der Waals surface area (Å²) in [6, 6.07) is 1.73. The summed E-state index contributed by atoms with van der Waals surface area (Å²) in [7, 11) is 0. The van der Waals surface area contributed by atoms with Gasteiger partial charge in [-0.15, -0.1) is 0 Å². The van der Waals surface area contributed by atoms with Gasteiger partial charge in [-0.3, -0.25) is 9.80 Å². The van der Waals surface area contributed by atoms with Crippen LogP contribution in [0.1, 0.15) is 46.5 Å². The van der Waals surface area contributed by atoms with E-state index in [4.69, 9.17) is 0 Å². The van der Waals surface area contributed by atoms with Gasteiger partial charge in [0, 0.05) is 51.4 Å². The maximum atomic E-state index is 3.40. The summed E-state index contributed by atoms with van der Waals surface area (Å²) in [6.45, 7) is 14.9. The van der Waals surface area contributed by atoms with Crippen LogP contribution in [-0.2, 0) is 0 Å². The van der Waals surface area contributed by atoms with Crippen molar-refractivity contribution in [2.45, 2.75) is 58.5 Å². The van der Waals surface area contributed by atoms with E-state index in [1.807, 2.05) is 0 Å². The average Bonchev–Trinajstić information content (AvgIpc) is 2.37. The molecular weight excluding hydrogens is 246 g/mol. The number of nitrogens with zero attached hydrogens (tertiary/aromatic N) is 2. The predicted molar refractivity (Wildman–Crippen MR) is 85.0 cm³/mol. The molecule has 1 saturated carbocycles.